The Morgan fingerprint density at radius 1 is 1.32 bits per heavy atom. The lowest BCUT2D eigenvalue weighted by molar-refractivity contribution is -0.121. The Kier molecular flexibility index (Phi) is 4.85. The fraction of sp³-hybridized carbons (Fsp3) is 0.933. The van der Waals surface area contributed by atoms with Gasteiger partial charge in [0.15, 0.2) is 0 Å². The van der Waals surface area contributed by atoms with Gasteiger partial charge in [0.2, 0.25) is 5.91 Å². The molecule has 1 amide bonds. The summed E-state index contributed by atoms with van der Waals surface area (Å²) in [6, 6.07) is 1.48. The molecule has 0 aromatic heterocycles. The van der Waals surface area contributed by atoms with Crippen LogP contribution in [0.25, 0.3) is 0 Å². The van der Waals surface area contributed by atoms with Crippen molar-refractivity contribution in [2.45, 2.75) is 64.1 Å². The number of nitrogens with one attached hydrogen (secondary N) is 1. The van der Waals surface area contributed by atoms with E-state index in [1.54, 1.807) is 0 Å². The van der Waals surface area contributed by atoms with E-state index in [1.165, 1.54) is 25.7 Å². The highest BCUT2D eigenvalue weighted by atomic mass is 16.1. The van der Waals surface area contributed by atoms with Gasteiger partial charge in [-0.2, -0.15) is 0 Å². The summed E-state index contributed by atoms with van der Waals surface area (Å²) in [5.41, 5.74) is 5.93. The Bertz CT molecular complexity index is 305. The van der Waals surface area contributed by atoms with Crippen molar-refractivity contribution in [1.29, 1.82) is 0 Å². The second kappa shape index (κ2) is 6.23. The van der Waals surface area contributed by atoms with Crippen LogP contribution in [0.15, 0.2) is 0 Å². The minimum Gasteiger partial charge on any atom is -0.356 e. The van der Waals surface area contributed by atoms with Crippen LogP contribution in [0.5, 0.6) is 0 Å². The Hall–Kier alpha value is -0.610. The summed E-state index contributed by atoms with van der Waals surface area (Å²) < 4.78 is 0. The molecule has 0 aromatic rings. The predicted octanol–water partition coefficient (Wildman–Crippen LogP) is 1.35. The number of nitrogens with two attached hydrogens (primary N) is 1. The molecule has 2 aliphatic heterocycles. The maximum atomic E-state index is 11.8. The molecule has 3 atom stereocenters. The first kappa shape index (κ1) is 14.8. The van der Waals surface area contributed by atoms with E-state index >= 15 is 0 Å². The standard InChI is InChI=1S/C15H29N3O/c1-10(2)14(16)8-15(19)17-9-11-6-12-4-5-13(7-11)18(12)3/h10-14H,4-9,16H2,1-3H3,(H,17,19). The van der Waals surface area contributed by atoms with Crippen LogP contribution < -0.4 is 11.1 Å². The normalized spacial score (nSPS) is 32.6. The lowest BCUT2D eigenvalue weighted by Crippen LogP contribution is -2.44. The SMILES string of the molecule is CC(C)C(N)CC(=O)NCC1CC2CCC(C1)N2C. The van der Waals surface area contributed by atoms with Gasteiger partial charge in [-0.15, -0.1) is 0 Å². The Labute approximate surface area is 117 Å². The molecule has 3 N–H and O–H groups in total. The van der Waals surface area contributed by atoms with Crippen molar-refractivity contribution in [1.82, 2.24) is 10.2 Å². The first-order chi connectivity index (χ1) is 8.97. The van der Waals surface area contributed by atoms with E-state index in [-0.39, 0.29) is 11.9 Å². The number of piperidine rings is 1. The van der Waals surface area contributed by atoms with Gasteiger partial charge in [-0.25, -0.2) is 0 Å². The number of carbonyl (C=O) groups excluding carboxylic acids is 1. The molecule has 110 valence electrons. The second-order valence-electron chi connectivity index (χ2n) is 6.80. The van der Waals surface area contributed by atoms with Gasteiger partial charge in [0, 0.05) is 31.1 Å². The first-order valence-corrected chi connectivity index (χ1v) is 7.71. The molecule has 0 aromatic carbocycles. The minimum absolute atomic E-state index is 0.0198. The van der Waals surface area contributed by atoms with Gasteiger partial charge in [-0.3, -0.25) is 4.79 Å². The van der Waals surface area contributed by atoms with Gasteiger partial charge in [-0.1, -0.05) is 13.8 Å². The molecule has 0 aliphatic carbocycles. The summed E-state index contributed by atoms with van der Waals surface area (Å²) in [6.07, 6.45) is 5.61. The van der Waals surface area contributed by atoms with Crippen molar-refractivity contribution in [3.05, 3.63) is 0 Å². The third-order valence-electron chi connectivity index (χ3n) is 5.06. The Balaban J connectivity index is 1.70. The van der Waals surface area contributed by atoms with E-state index in [0.29, 0.717) is 18.3 Å². The highest BCUT2D eigenvalue weighted by molar-refractivity contribution is 5.76. The Morgan fingerprint density at radius 2 is 1.89 bits per heavy atom. The summed E-state index contributed by atoms with van der Waals surface area (Å²) in [6.45, 7) is 4.96. The summed E-state index contributed by atoms with van der Waals surface area (Å²) in [4.78, 5) is 14.4. The molecule has 19 heavy (non-hydrogen) atoms. The molecule has 0 saturated carbocycles. The van der Waals surface area contributed by atoms with Crippen molar-refractivity contribution in [3.63, 3.8) is 0 Å². The first-order valence-electron chi connectivity index (χ1n) is 7.71. The van der Waals surface area contributed by atoms with Crippen LogP contribution >= 0.6 is 0 Å². The number of amides is 1. The third-order valence-corrected chi connectivity index (χ3v) is 5.06. The molecule has 0 spiro atoms. The molecule has 2 bridgehead atoms. The molecule has 2 rings (SSSR count). The van der Waals surface area contributed by atoms with E-state index in [4.69, 9.17) is 5.73 Å². The molecule has 0 radical (unpaired) electrons. The number of nitrogens with zero attached hydrogens (tertiary/aromatic N) is 1. The van der Waals surface area contributed by atoms with Crippen LogP contribution in [-0.4, -0.2) is 42.5 Å². The van der Waals surface area contributed by atoms with Crippen LogP contribution in [0.2, 0.25) is 0 Å². The number of fused-ring (bicyclic) bond motifs is 2. The number of hydrogen-bond acceptors (Lipinski definition) is 3. The number of rotatable bonds is 5. The lowest BCUT2D eigenvalue weighted by atomic mass is 9.91. The number of hydrogen-bond donors (Lipinski definition) is 2. The minimum atomic E-state index is -0.0198. The third kappa shape index (κ3) is 3.69. The van der Waals surface area contributed by atoms with Crippen LogP contribution in [0, 0.1) is 11.8 Å². The highest BCUT2D eigenvalue weighted by Gasteiger charge is 2.38. The Morgan fingerprint density at radius 3 is 2.42 bits per heavy atom. The van der Waals surface area contributed by atoms with Crippen LogP contribution in [0.4, 0.5) is 0 Å². The molecule has 3 unspecified atom stereocenters. The largest absolute Gasteiger partial charge is 0.356 e. The summed E-state index contributed by atoms with van der Waals surface area (Å²) in [5.74, 6) is 1.14. The molecule has 2 heterocycles. The smallest absolute Gasteiger partial charge is 0.221 e. The summed E-state index contributed by atoms with van der Waals surface area (Å²) >= 11 is 0. The molecule has 2 aliphatic rings. The lowest BCUT2D eigenvalue weighted by Gasteiger charge is -2.36. The van der Waals surface area contributed by atoms with Gasteiger partial charge in [0.25, 0.3) is 0 Å². The zero-order chi connectivity index (χ0) is 14.0. The van der Waals surface area contributed by atoms with E-state index in [0.717, 1.165) is 18.6 Å². The molecule has 2 saturated heterocycles. The zero-order valence-corrected chi connectivity index (χ0v) is 12.6. The molecular weight excluding hydrogens is 238 g/mol. The van der Waals surface area contributed by atoms with E-state index < -0.39 is 0 Å². The fourth-order valence-corrected chi connectivity index (χ4v) is 3.47. The fourth-order valence-electron chi connectivity index (χ4n) is 3.47. The van der Waals surface area contributed by atoms with Gasteiger partial charge in [-0.05, 0) is 44.6 Å². The van der Waals surface area contributed by atoms with Crippen molar-refractivity contribution >= 4 is 5.91 Å². The summed E-state index contributed by atoms with van der Waals surface area (Å²) in [7, 11) is 2.25. The maximum absolute atomic E-state index is 11.8. The maximum Gasteiger partial charge on any atom is 0.221 e. The predicted molar refractivity (Wildman–Crippen MR) is 77.7 cm³/mol. The van der Waals surface area contributed by atoms with Crippen LogP contribution in [-0.2, 0) is 4.79 Å². The monoisotopic (exact) mass is 267 g/mol. The van der Waals surface area contributed by atoms with Crippen LogP contribution in [0.3, 0.4) is 0 Å². The van der Waals surface area contributed by atoms with Gasteiger partial charge in [0.05, 0.1) is 0 Å². The zero-order valence-electron chi connectivity index (χ0n) is 12.6. The summed E-state index contributed by atoms with van der Waals surface area (Å²) in [5, 5.41) is 3.08. The van der Waals surface area contributed by atoms with Crippen molar-refractivity contribution < 1.29 is 4.79 Å². The van der Waals surface area contributed by atoms with Gasteiger partial charge in [0.1, 0.15) is 0 Å². The van der Waals surface area contributed by atoms with E-state index in [2.05, 4.69) is 31.1 Å². The highest BCUT2D eigenvalue weighted by Crippen LogP contribution is 2.36. The van der Waals surface area contributed by atoms with Crippen molar-refractivity contribution in [3.8, 4) is 0 Å². The van der Waals surface area contributed by atoms with Crippen molar-refractivity contribution in [2.24, 2.45) is 17.6 Å². The quantitative estimate of drug-likeness (QED) is 0.790. The van der Waals surface area contributed by atoms with Gasteiger partial charge >= 0.3 is 0 Å². The van der Waals surface area contributed by atoms with Crippen molar-refractivity contribution in [2.75, 3.05) is 13.6 Å². The number of carbonyl (C=O) groups is 1. The van der Waals surface area contributed by atoms with E-state index in [1.807, 2.05) is 0 Å². The molecular formula is C15H29N3O. The molecule has 4 heteroatoms. The average molecular weight is 267 g/mol. The van der Waals surface area contributed by atoms with Crippen LogP contribution in [0.1, 0.15) is 46.0 Å². The molecule has 2 fully saturated rings. The van der Waals surface area contributed by atoms with Gasteiger partial charge < -0.3 is 16.0 Å². The van der Waals surface area contributed by atoms with E-state index in [9.17, 15) is 4.79 Å². The molecule has 4 nitrogen and oxygen atoms in total. The topological polar surface area (TPSA) is 58.4 Å². The average Bonchev–Trinajstić information content (AvgIpc) is 2.59. The second-order valence-corrected chi connectivity index (χ2v) is 6.80.